The molecule has 5 aromatic rings. The Morgan fingerprint density at radius 1 is 1.03 bits per heavy atom. The lowest BCUT2D eigenvalue weighted by atomic mass is 10.1. The number of rotatable bonds is 4. The van der Waals surface area contributed by atoms with Crippen molar-refractivity contribution in [1.29, 1.82) is 0 Å². The van der Waals surface area contributed by atoms with Crippen molar-refractivity contribution in [2.75, 3.05) is 5.32 Å². The molecule has 3 heterocycles. The first-order chi connectivity index (χ1) is 15.4. The summed E-state index contributed by atoms with van der Waals surface area (Å²) in [6.45, 7) is 1.73. The topological polar surface area (TPSA) is 88.5 Å². The predicted octanol–water partition coefficient (Wildman–Crippen LogP) is 4.25. The van der Waals surface area contributed by atoms with Gasteiger partial charge in [0.1, 0.15) is 29.3 Å². The number of benzene rings is 2. The van der Waals surface area contributed by atoms with Crippen LogP contribution in [0.15, 0.2) is 59.9 Å². The van der Waals surface area contributed by atoms with Crippen molar-refractivity contribution in [1.82, 2.24) is 24.5 Å². The molecule has 1 atom stereocenters. The van der Waals surface area contributed by atoms with Crippen LogP contribution in [0.3, 0.4) is 0 Å². The number of nitrogens with one attached hydrogen (secondary N) is 2. The molecular weight excluding hydrogens is 421 g/mol. The third-order valence-corrected chi connectivity index (χ3v) is 5.19. The van der Waals surface area contributed by atoms with Crippen LogP contribution in [0.25, 0.3) is 27.6 Å². The third kappa shape index (κ3) is 3.16. The van der Waals surface area contributed by atoms with Crippen LogP contribution in [-0.4, -0.2) is 24.5 Å². The summed E-state index contributed by atoms with van der Waals surface area (Å²) in [4.78, 5) is 28.7. The van der Waals surface area contributed by atoms with E-state index in [-0.39, 0.29) is 11.1 Å². The van der Waals surface area contributed by atoms with E-state index in [1.54, 1.807) is 19.1 Å². The van der Waals surface area contributed by atoms with Crippen LogP contribution in [0.5, 0.6) is 0 Å². The number of halogens is 3. The number of H-pyrrole nitrogens is 1. The molecule has 2 aromatic carbocycles. The molecule has 0 saturated carbocycles. The molecule has 0 aliphatic rings. The van der Waals surface area contributed by atoms with Gasteiger partial charge in [0.05, 0.1) is 23.4 Å². The highest BCUT2D eigenvalue weighted by atomic mass is 19.1. The van der Waals surface area contributed by atoms with E-state index < -0.39 is 29.1 Å². The molecule has 0 bridgehead atoms. The molecular formula is C22H15F3N6O. The van der Waals surface area contributed by atoms with E-state index in [0.717, 1.165) is 22.8 Å². The summed E-state index contributed by atoms with van der Waals surface area (Å²) in [5.74, 6) is -2.08. The van der Waals surface area contributed by atoms with Crippen LogP contribution >= 0.6 is 0 Å². The number of aromatic nitrogens is 5. The van der Waals surface area contributed by atoms with Gasteiger partial charge in [-0.3, -0.25) is 9.36 Å². The van der Waals surface area contributed by atoms with Crippen LogP contribution in [-0.2, 0) is 0 Å². The van der Waals surface area contributed by atoms with Crippen molar-refractivity contribution in [3.8, 4) is 5.69 Å². The lowest BCUT2D eigenvalue weighted by Gasteiger charge is -2.21. The third-order valence-electron chi connectivity index (χ3n) is 5.19. The first kappa shape index (κ1) is 19.7. The van der Waals surface area contributed by atoms with Gasteiger partial charge < -0.3 is 10.3 Å². The van der Waals surface area contributed by atoms with Crippen molar-refractivity contribution in [2.45, 2.75) is 13.0 Å². The van der Waals surface area contributed by atoms with Gasteiger partial charge in [0.25, 0.3) is 5.56 Å². The average molecular weight is 436 g/mol. The van der Waals surface area contributed by atoms with Gasteiger partial charge in [-0.15, -0.1) is 0 Å². The monoisotopic (exact) mass is 436 g/mol. The maximum absolute atomic E-state index is 14.7. The molecule has 160 valence electrons. The van der Waals surface area contributed by atoms with E-state index in [9.17, 15) is 18.0 Å². The Balaban J connectivity index is 1.74. The summed E-state index contributed by atoms with van der Waals surface area (Å²) in [6.07, 6.45) is 2.82. The standard InChI is InChI=1S/C22H15F3N6O/c1-11(30-21-19-20(27-9-26-19)28-10-29-21)17-7-12-3-2-4-14(24)18(12)22(32)31(17)16-6-5-13(23)8-15(16)25/h2-11H,1H3,(H2,26,27,28,29,30). The number of imidazole rings is 1. The zero-order valence-electron chi connectivity index (χ0n) is 16.6. The summed E-state index contributed by atoms with van der Waals surface area (Å²) in [7, 11) is 0. The van der Waals surface area contributed by atoms with Gasteiger partial charge >= 0.3 is 0 Å². The minimum atomic E-state index is -0.951. The van der Waals surface area contributed by atoms with Crippen molar-refractivity contribution in [2.24, 2.45) is 0 Å². The number of pyridine rings is 1. The second kappa shape index (κ2) is 7.49. The van der Waals surface area contributed by atoms with E-state index in [1.807, 2.05) is 0 Å². The van der Waals surface area contributed by atoms with E-state index in [2.05, 4.69) is 25.3 Å². The average Bonchev–Trinajstić information content (AvgIpc) is 3.24. The highest BCUT2D eigenvalue weighted by Gasteiger charge is 2.21. The van der Waals surface area contributed by atoms with Crippen molar-refractivity contribution in [3.05, 3.63) is 88.6 Å². The van der Waals surface area contributed by atoms with Gasteiger partial charge in [0.2, 0.25) is 0 Å². The van der Waals surface area contributed by atoms with Crippen molar-refractivity contribution < 1.29 is 13.2 Å². The summed E-state index contributed by atoms with van der Waals surface area (Å²) < 4.78 is 43.8. The van der Waals surface area contributed by atoms with Crippen LogP contribution < -0.4 is 10.9 Å². The second-order valence-electron chi connectivity index (χ2n) is 7.20. The van der Waals surface area contributed by atoms with Crippen LogP contribution in [0.1, 0.15) is 18.7 Å². The summed E-state index contributed by atoms with van der Waals surface area (Å²) in [5.41, 5.74) is 0.353. The molecule has 10 heteroatoms. The molecule has 7 nitrogen and oxygen atoms in total. The molecule has 0 fully saturated rings. The quantitative estimate of drug-likeness (QED) is 0.440. The van der Waals surface area contributed by atoms with Gasteiger partial charge in [-0.05, 0) is 36.6 Å². The Morgan fingerprint density at radius 3 is 2.69 bits per heavy atom. The summed E-state index contributed by atoms with van der Waals surface area (Å²) in [6, 6.07) is 8.08. The van der Waals surface area contributed by atoms with Gasteiger partial charge in [0, 0.05) is 11.8 Å². The maximum Gasteiger partial charge on any atom is 0.266 e. The Morgan fingerprint density at radius 2 is 1.88 bits per heavy atom. The number of anilines is 1. The highest BCUT2D eigenvalue weighted by Crippen LogP contribution is 2.27. The van der Waals surface area contributed by atoms with Crippen LogP contribution in [0, 0.1) is 17.5 Å². The Kier molecular flexibility index (Phi) is 4.62. The normalized spacial score (nSPS) is 12.4. The van der Waals surface area contributed by atoms with E-state index >= 15 is 0 Å². The molecule has 0 amide bonds. The largest absolute Gasteiger partial charge is 0.360 e. The molecule has 32 heavy (non-hydrogen) atoms. The number of hydrogen-bond donors (Lipinski definition) is 2. The van der Waals surface area contributed by atoms with Crippen LogP contribution in [0.2, 0.25) is 0 Å². The summed E-state index contributed by atoms with van der Waals surface area (Å²) in [5, 5.41) is 3.31. The van der Waals surface area contributed by atoms with E-state index in [0.29, 0.717) is 34.1 Å². The number of fused-ring (bicyclic) bond motifs is 2. The minimum Gasteiger partial charge on any atom is -0.360 e. The first-order valence-electron chi connectivity index (χ1n) is 9.64. The smallest absolute Gasteiger partial charge is 0.266 e. The fourth-order valence-corrected chi connectivity index (χ4v) is 3.72. The Bertz CT molecular complexity index is 1540. The number of nitrogens with zero attached hydrogens (tertiary/aromatic N) is 4. The summed E-state index contributed by atoms with van der Waals surface area (Å²) >= 11 is 0. The highest BCUT2D eigenvalue weighted by molar-refractivity contribution is 5.84. The molecule has 0 aliphatic carbocycles. The molecule has 5 rings (SSSR count). The lowest BCUT2D eigenvalue weighted by Crippen LogP contribution is -2.27. The lowest BCUT2D eigenvalue weighted by molar-refractivity contribution is 0.573. The molecule has 0 radical (unpaired) electrons. The second-order valence-corrected chi connectivity index (χ2v) is 7.20. The molecule has 3 aromatic heterocycles. The Hall–Kier alpha value is -4.21. The number of hydrogen-bond acceptors (Lipinski definition) is 5. The molecule has 1 unspecified atom stereocenters. The van der Waals surface area contributed by atoms with Crippen LogP contribution in [0.4, 0.5) is 19.0 Å². The van der Waals surface area contributed by atoms with Gasteiger partial charge in [-0.2, -0.15) is 0 Å². The minimum absolute atomic E-state index is 0.191. The fourth-order valence-electron chi connectivity index (χ4n) is 3.72. The fraction of sp³-hybridized carbons (Fsp3) is 0.0909. The molecule has 0 spiro atoms. The van der Waals surface area contributed by atoms with Gasteiger partial charge in [0.15, 0.2) is 11.5 Å². The molecule has 0 aliphatic heterocycles. The van der Waals surface area contributed by atoms with Gasteiger partial charge in [-0.1, -0.05) is 12.1 Å². The maximum atomic E-state index is 14.7. The van der Waals surface area contributed by atoms with Gasteiger partial charge in [-0.25, -0.2) is 28.1 Å². The van der Waals surface area contributed by atoms with Crippen molar-refractivity contribution in [3.63, 3.8) is 0 Å². The Labute approximate surface area is 178 Å². The first-order valence-corrected chi connectivity index (χ1v) is 9.64. The number of aromatic amines is 1. The zero-order chi connectivity index (χ0) is 22.4. The molecule has 2 N–H and O–H groups in total. The SMILES string of the molecule is CC(Nc1ncnc2[nH]cnc12)c1cc2cccc(F)c2c(=O)n1-c1ccc(F)cc1F. The molecule has 0 saturated heterocycles. The van der Waals surface area contributed by atoms with E-state index in [4.69, 9.17) is 0 Å². The van der Waals surface area contributed by atoms with E-state index in [1.165, 1.54) is 18.7 Å². The zero-order valence-corrected chi connectivity index (χ0v) is 16.6. The van der Waals surface area contributed by atoms with Crippen molar-refractivity contribution >= 4 is 27.8 Å². The predicted molar refractivity (Wildman–Crippen MR) is 113 cm³/mol.